The number of carbonyl (C=O) groups excluding carboxylic acids is 1. The van der Waals surface area contributed by atoms with Crippen LogP contribution in [-0.4, -0.2) is 54.4 Å². The SMILES string of the molecule is Cc1cc(=O)c(C(=O)N(CCN(C)C)CC(C)C)c[nH]1. The standard InChI is InChI=1S/C15H25N3O2/c1-11(2)10-18(7-6-17(4)5)15(20)13-9-16-12(3)8-14(13)19/h8-9,11H,6-7,10H2,1-5H3,(H,16,19). The Morgan fingerprint density at radius 1 is 1.30 bits per heavy atom. The van der Waals surface area contributed by atoms with Crippen LogP contribution < -0.4 is 5.43 Å². The fourth-order valence-corrected chi connectivity index (χ4v) is 1.95. The fourth-order valence-electron chi connectivity index (χ4n) is 1.95. The van der Waals surface area contributed by atoms with Gasteiger partial charge in [-0.05, 0) is 26.9 Å². The summed E-state index contributed by atoms with van der Waals surface area (Å²) in [5.74, 6) is 0.174. The predicted octanol–water partition coefficient (Wildman–Crippen LogP) is 1.34. The number of H-pyrrole nitrogens is 1. The molecule has 1 N–H and O–H groups in total. The van der Waals surface area contributed by atoms with Gasteiger partial charge in [0, 0.05) is 37.6 Å². The van der Waals surface area contributed by atoms with E-state index in [2.05, 4.69) is 18.8 Å². The highest BCUT2D eigenvalue weighted by Crippen LogP contribution is 2.05. The summed E-state index contributed by atoms with van der Waals surface area (Å²) in [5.41, 5.74) is 0.759. The molecular formula is C15H25N3O2. The van der Waals surface area contributed by atoms with Gasteiger partial charge < -0.3 is 14.8 Å². The molecule has 0 aliphatic heterocycles. The molecule has 0 bridgehead atoms. The van der Waals surface area contributed by atoms with Crippen molar-refractivity contribution in [2.45, 2.75) is 20.8 Å². The lowest BCUT2D eigenvalue weighted by Gasteiger charge is -2.26. The van der Waals surface area contributed by atoms with E-state index in [1.54, 1.807) is 11.8 Å². The molecule has 1 heterocycles. The van der Waals surface area contributed by atoms with Crippen molar-refractivity contribution in [3.63, 3.8) is 0 Å². The number of pyridine rings is 1. The quantitative estimate of drug-likeness (QED) is 0.855. The molecule has 0 saturated carbocycles. The Kier molecular flexibility index (Phi) is 5.95. The summed E-state index contributed by atoms with van der Waals surface area (Å²) in [6.07, 6.45) is 1.52. The molecular weight excluding hydrogens is 254 g/mol. The van der Waals surface area contributed by atoms with Crippen LogP contribution in [-0.2, 0) is 0 Å². The summed E-state index contributed by atoms with van der Waals surface area (Å²) in [6.45, 7) is 7.98. The maximum atomic E-state index is 12.5. The second kappa shape index (κ2) is 7.24. The molecule has 0 saturated heterocycles. The molecule has 0 fully saturated rings. The second-order valence-electron chi connectivity index (χ2n) is 5.84. The molecule has 0 aromatic carbocycles. The van der Waals surface area contributed by atoms with Gasteiger partial charge in [-0.3, -0.25) is 9.59 Å². The molecule has 1 aromatic heterocycles. The molecule has 0 aliphatic rings. The van der Waals surface area contributed by atoms with Crippen molar-refractivity contribution in [2.75, 3.05) is 33.7 Å². The molecule has 5 nitrogen and oxygen atoms in total. The van der Waals surface area contributed by atoms with Crippen molar-refractivity contribution in [3.8, 4) is 0 Å². The average Bonchev–Trinajstić information content (AvgIpc) is 2.33. The third-order valence-corrected chi connectivity index (χ3v) is 2.98. The number of aromatic amines is 1. The number of aromatic nitrogens is 1. The van der Waals surface area contributed by atoms with E-state index < -0.39 is 0 Å². The third kappa shape index (κ3) is 4.81. The number of aryl methyl sites for hydroxylation is 1. The van der Waals surface area contributed by atoms with Gasteiger partial charge in [0.1, 0.15) is 5.56 Å². The van der Waals surface area contributed by atoms with Gasteiger partial charge in [0.25, 0.3) is 5.91 Å². The number of nitrogens with one attached hydrogen (secondary N) is 1. The summed E-state index contributed by atoms with van der Waals surface area (Å²) in [6, 6.07) is 1.47. The number of nitrogens with zero attached hydrogens (tertiary/aromatic N) is 2. The minimum Gasteiger partial charge on any atom is -0.364 e. The smallest absolute Gasteiger partial charge is 0.259 e. The van der Waals surface area contributed by atoms with E-state index in [9.17, 15) is 9.59 Å². The molecule has 112 valence electrons. The lowest BCUT2D eigenvalue weighted by Crippen LogP contribution is -2.40. The Morgan fingerprint density at radius 2 is 1.95 bits per heavy atom. The van der Waals surface area contributed by atoms with Crippen molar-refractivity contribution in [2.24, 2.45) is 5.92 Å². The first-order valence-corrected chi connectivity index (χ1v) is 6.94. The molecule has 1 aromatic rings. The molecule has 5 heteroatoms. The number of hydrogen-bond acceptors (Lipinski definition) is 3. The molecule has 0 aliphatic carbocycles. The minimum atomic E-state index is -0.218. The van der Waals surface area contributed by atoms with Gasteiger partial charge in [-0.25, -0.2) is 0 Å². The summed E-state index contributed by atoms with van der Waals surface area (Å²) >= 11 is 0. The lowest BCUT2D eigenvalue weighted by atomic mass is 10.1. The number of carbonyl (C=O) groups is 1. The van der Waals surface area contributed by atoms with Crippen LogP contribution in [0.4, 0.5) is 0 Å². The second-order valence-corrected chi connectivity index (χ2v) is 5.84. The Labute approximate surface area is 120 Å². The van der Waals surface area contributed by atoms with Crippen molar-refractivity contribution in [1.29, 1.82) is 0 Å². The van der Waals surface area contributed by atoms with Gasteiger partial charge in [-0.15, -0.1) is 0 Å². The van der Waals surface area contributed by atoms with Crippen molar-refractivity contribution >= 4 is 5.91 Å². The molecule has 0 spiro atoms. The van der Waals surface area contributed by atoms with Gasteiger partial charge in [0.15, 0.2) is 5.43 Å². The van der Waals surface area contributed by atoms with Crippen LogP contribution in [0.5, 0.6) is 0 Å². The van der Waals surface area contributed by atoms with E-state index in [1.165, 1.54) is 12.3 Å². The van der Waals surface area contributed by atoms with E-state index in [0.29, 0.717) is 19.0 Å². The lowest BCUT2D eigenvalue weighted by molar-refractivity contribution is 0.0723. The number of hydrogen-bond donors (Lipinski definition) is 1. The van der Waals surface area contributed by atoms with E-state index in [4.69, 9.17) is 0 Å². The first kappa shape index (κ1) is 16.4. The molecule has 1 rings (SSSR count). The normalized spacial score (nSPS) is 11.2. The first-order valence-electron chi connectivity index (χ1n) is 6.94. The third-order valence-electron chi connectivity index (χ3n) is 2.98. The van der Waals surface area contributed by atoms with Gasteiger partial charge in [0.2, 0.25) is 0 Å². The number of rotatable bonds is 6. The zero-order valence-corrected chi connectivity index (χ0v) is 13.1. The molecule has 0 atom stereocenters. The van der Waals surface area contributed by atoms with E-state index in [-0.39, 0.29) is 16.9 Å². The van der Waals surface area contributed by atoms with Crippen LogP contribution in [0.15, 0.2) is 17.1 Å². The average molecular weight is 279 g/mol. The zero-order valence-electron chi connectivity index (χ0n) is 13.1. The van der Waals surface area contributed by atoms with E-state index >= 15 is 0 Å². The topological polar surface area (TPSA) is 56.4 Å². The maximum absolute atomic E-state index is 12.5. The van der Waals surface area contributed by atoms with Crippen molar-refractivity contribution in [3.05, 3.63) is 33.7 Å². The van der Waals surface area contributed by atoms with Crippen LogP contribution in [0.1, 0.15) is 29.9 Å². The largest absolute Gasteiger partial charge is 0.364 e. The van der Waals surface area contributed by atoms with Gasteiger partial charge >= 0.3 is 0 Å². The van der Waals surface area contributed by atoms with Crippen LogP contribution in [0.25, 0.3) is 0 Å². The van der Waals surface area contributed by atoms with Crippen LogP contribution >= 0.6 is 0 Å². The summed E-state index contributed by atoms with van der Waals surface area (Å²) in [4.78, 5) is 31.2. The molecule has 0 radical (unpaired) electrons. The van der Waals surface area contributed by atoms with Crippen LogP contribution in [0.3, 0.4) is 0 Å². The minimum absolute atomic E-state index is 0.193. The fraction of sp³-hybridized carbons (Fsp3) is 0.600. The van der Waals surface area contributed by atoms with Gasteiger partial charge in [-0.2, -0.15) is 0 Å². The predicted molar refractivity (Wildman–Crippen MR) is 81.1 cm³/mol. The van der Waals surface area contributed by atoms with E-state index in [1.807, 2.05) is 19.0 Å². The molecule has 1 amide bonds. The molecule has 20 heavy (non-hydrogen) atoms. The summed E-state index contributed by atoms with van der Waals surface area (Å²) in [5, 5.41) is 0. The number of likely N-dealkylation sites (N-methyl/N-ethyl adjacent to an activating group) is 1. The van der Waals surface area contributed by atoms with Crippen LogP contribution in [0, 0.1) is 12.8 Å². The van der Waals surface area contributed by atoms with Crippen molar-refractivity contribution in [1.82, 2.24) is 14.8 Å². The van der Waals surface area contributed by atoms with Crippen LogP contribution in [0.2, 0.25) is 0 Å². The Bertz CT molecular complexity index is 506. The zero-order chi connectivity index (χ0) is 15.3. The Hall–Kier alpha value is -1.62. The molecule has 0 unspecified atom stereocenters. The van der Waals surface area contributed by atoms with E-state index in [0.717, 1.165) is 12.2 Å². The summed E-state index contributed by atoms with van der Waals surface area (Å²) < 4.78 is 0. The van der Waals surface area contributed by atoms with Crippen molar-refractivity contribution < 1.29 is 4.79 Å². The monoisotopic (exact) mass is 279 g/mol. The Morgan fingerprint density at radius 3 is 2.45 bits per heavy atom. The highest BCUT2D eigenvalue weighted by molar-refractivity contribution is 5.93. The highest BCUT2D eigenvalue weighted by atomic mass is 16.2. The summed E-state index contributed by atoms with van der Waals surface area (Å²) in [7, 11) is 3.94. The number of amides is 1. The maximum Gasteiger partial charge on any atom is 0.259 e. The Balaban J connectivity index is 2.94. The van der Waals surface area contributed by atoms with Gasteiger partial charge in [-0.1, -0.05) is 13.8 Å². The first-order chi connectivity index (χ1) is 9.31. The highest BCUT2D eigenvalue weighted by Gasteiger charge is 2.19. The van der Waals surface area contributed by atoms with Gasteiger partial charge in [0.05, 0.1) is 0 Å².